The molecule has 1 saturated carbocycles. The summed E-state index contributed by atoms with van der Waals surface area (Å²) in [5, 5.41) is 3.06. The normalized spacial score (nSPS) is 21.8. The zero-order valence-corrected chi connectivity index (χ0v) is 11.0. The third-order valence-electron chi connectivity index (χ3n) is 3.69. The Hall–Kier alpha value is -0.570. The van der Waals surface area contributed by atoms with E-state index in [1.807, 2.05) is 20.8 Å². The van der Waals surface area contributed by atoms with Crippen molar-refractivity contribution in [3.8, 4) is 0 Å². The number of carbonyl (C=O) groups excluding carboxylic acids is 1. The average molecular weight is 226 g/mol. The van der Waals surface area contributed by atoms with Crippen molar-refractivity contribution < 1.29 is 4.79 Å². The lowest BCUT2D eigenvalue weighted by molar-refractivity contribution is -0.125. The third kappa shape index (κ3) is 3.48. The second kappa shape index (κ2) is 5.17. The van der Waals surface area contributed by atoms with Gasteiger partial charge in [-0.3, -0.25) is 4.79 Å². The molecule has 0 aromatic carbocycles. The maximum Gasteiger partial charge on any atom is 0.237 e. The van der Waals surface area contributed by atoms with Crippen LogP contribution in [0.5, 0.6) is 0 Å². The topological polar surface area (TPSA) is 55.1 Å². The van der Waals surface area contributed by atoms with E-state index < -0.39 is 6.04 Å². The summed E-state index contributed by atoms with van der Waals surface area (Å²) in [6, 6.07) is -0.153. The Balaban J connectivity index is 2.44. The van der Waals surface area contributed by atoms with E-state index in [1.54, 1.807) is 0 Å². The SMILES string of the molecule is C[C@H](NC(=O)[C@H](N)C(C)(C)C)C1CCCC1. The van der Waals surface area contributed by atoms with Crippen molar-refractivity contribution in [2.24, 2.45) is 17.1 Å². The molecule has 0 saturated heterocycles. The Morgan fingerprint density at radius 3 is 2.25 bits per heavy atom. The fourth-order valence-corrected chi connectivity index (χ4v) is 2.28. The molecule has 0 aromatic heterocycles. The van der Waals surface area contributed by atoms with Crippen molar-refractivity contribution in [1.82, 2.24) is 5.32 Å². The summed E-state index contributed by atoms with van der Waals surface area (Å²) in [4.78, 5) is 11.9. The Bertz CT molecular complexity index is 239. The molecule has 1 rings (SSSR count). The van der Waals surface area contributed by atoms with Crippen LogP contribution < -0.4 is 11.1 Å². The zero-order chi connectivity index (χ0) is 12.3. The van der Waals surface area contributed by atoms with Crippen LogP contribution in [0.1, 0.15) is 53.4 Å². The number of hydrogen-bond acceptors (Lipinski definition) is 2. The van der Waals surface area contributed by atoms with E-state index in [0.717, 1.165) is 0 Å². The van der Waals surface area contributed by atoms with Crippen molar-refractivity contribution in [2.75, 3.05) is 0 Å². The predicted molar refractivity (Wildman–Crippen MR) is 67.0 cm³/mol. The van der Waals surface area contributed by atoms with Crippen LogP contribution in [0.25, 0.3) is 0 Å². The molecule has 1 amide bonds. The highest BCUT2D eigenvalue weighted by molar-refractivity contribution is 5.82. The van der Waals surface area contributed by atoms with E-state index >= 15 is 0 Å². The van der Waals surface area contributed by atoms with Gasteiger partial charge in [-0.05, 0) is 31.1 Å². The molecule has 1 aliphatic carbocycles. The number of rotatable bonds is 3. The Morgan fingerprint density at radius 1 is 1.31 bits per heavy atom. The summed E-state index contributed by atoms with van der Waals surface area (Å²) >= 11 is 0. The van der Waals surface area contributed by atoms with Crippen molar-refractivity contribution in [1.29, 1.82) is 0 Å². The number of nitrogens with two attached hydrogens (primary N) is 1. The summed E-state index contributed by atoms with van der Waals surface area (Å²) in [5.41, 5.74) is 5.76. The highest BCUT2D eigenvalue weighted by atomic mass is 16.2. The van der Waals surface area contributed by atoms with E-state index in [-0.39, 0.29) is 17.4 Å². The standard InChI is InChI=1S/C13H26N2O/c1-9(10-7-5-6-8-10)15-12(16)11(14)13(2,3)4/h9-11H,5-8,14H2,1-4H3,(H,15,16)/t9-,11-/m0/s1. The lowest BCUT2D eigenvalue weighted by Gasteiger charge is -2.29. The largest absolute Gasteiger partial charge is 0.352 e. The molecular formula is C13H26N2O. The van der Waals surface area contributed by atoms with Gasteiger partial charge in [-0.2, -0.15) is 0 Å². The van der Waals surface area contributed by atoms with E-state index in [2.05, 4.69) is 12.2 Å². The lowest BCUT2D eigenvalue weighted by Crippen LogP contribution is -2.52. The van der Waals surface area contributed by atoms with Crippen LogP contribution in [0.2, 0.25) is 0 Å². The van der Waals surface area contributed by atoms with Crippen LogP contribution in [0.4, 0.5) is 0 Å². The maximum atomic E-state index is 11.9. The van der Waals surface area contributed by atoms with Crippen LogP contribution in [0.3, 0.4) is 0 Å². The maximum absolute atomic E-state index is 11.9. The Labute approximate surface area is 99.2 Å². The smallest absolute Gasteiger partial charge is 0.237 e. The molecule has 0 aliphatic heterocycles. The van der Waals surface area contributed by atoms with E-state index in [4.69, 9.17) is 5.73 Å². The molecule has 3 N–H and O–H groups in total. The van der Waals surface area contributed by atoms with Gasteiger partial charge in [0.1, 0.15) is 0 Å². The van der Waals surface area contributed by atoms with Gasteiger partial charge in [-0.1, -0.05) is 33.6 Å². The van der Waals surface area contributed by atoms with Crippen LogP contribution >= 0.6 is 0 Å². The first kappa shape index (κ1) is 13.5. The fraction of sp³-hybridized carbons (Fsp3) is 0.923. The molecule has 0 aromatic rings. The van der Waals surface area contributed by atoms with Gasteiger partial charge in [0.05, 0.1) is 6.04 Å². The third-order valence-corrected chi connectivity index (χ3v) is 3.69. The van der Waals surface area contributed by atoms with Gasteiger partial charge in [0.2, 0.25) is 5.91 Å². The molecule has 0 radical (unpaired) electrons. The van der Waals surface area contributed by atoms with Crippen molar-refractivity contribution in [3.63, 3.8) is 0 Å². The first-order valence-electron chi connectivity index (χ1n) is 6.38. The summed E-state index contributed by atoms with van der Waals surface area (Å²) in [6.07, 6.45) is 5.09. The van der Waals surface area contributed by atoms with Gasteiger partial charge >= 0.3 is 0 Å². The van der Waals surface area contributed by atoms with Crippen molar-refractivity contribution >= 4 is 5.91 Å². The Morgan fingerprint density at radius 2 is 1.81 bits per heavy atom. The van der Waals surface area contributed by atoms with Gasteiger partial charge in [-0.15, -0.1) is 0 Å². The fourth-order valence-electron chi connectivity index (χ4n) is 2.28. The monoisotopic (exact) mass is 226 g/mol. The number of hydrogen-bond donors (Lipinski definition) is 2. The molecule has 3 nitrogen and oxygen atoms in total. The highest BCUT2D eigenvalue weighted by Crippen LogP contribution is 2.27. The minimum absolute atomic E-state index is 0.00750. The minimum atomic E-state index is -0.420. The summed E-state index contributed by atoms with van der Waals surface area (Å²) in [6.45, 7) is 8.09. The van der Waals surface area contributed by atoms with Crippen LogP contribution in [-0.4, -0.2) is 18.0 Å². The molecule has 94 valence electrons. The summed E-state index contributed by atoms with van der Waals surface area (Å²) in [7, 11) is 0. The van der Waals surface area contributed by atoms with Gasteiger partial charge in [-0.25, -0.2) is 0 Å². The predicted octanol–water partition coefficient (Wildman–Crippen LogP) is 2.05. The summed E-state index contributed by atoms with van der Waals surface area (Å²) < 4.78 is 0. The summed E-state index contributed by atoms with van der Waals surface area (Å²) in [5.74, 6) is 0.642. The molecule has 0 bridgehead atoms. The van der Waals surface area contributed by atoms with Gasteiger partial charge in [0.15, 0.2) is 0 Å². The highest BCUT2D eigenvalue weighted by Gasteiger charge is 2.30. The van der Waals surface area contributed by atoms with Crippen LogP contribution in [0.15, 0.2) is 0 Å². The quantitative estimate of drug-likeness (QED) is 0.774. The van der Waals surface area contributed by atoms with Gasteiger partial charge in [0, 0.05) is 6.04 Å². The molecule has 1 fully saturated rings. The molecule has 1 aliphatic rings. The van der Waals surface area contributed by atoms with E-state index in [9.17, 15) is 4.79 Å². The van der Waals surface area contributed by atoms with Crippen LogP contribution in [0, 0.1) is 11.3 Å². The van der Waals surface area contributed by atoms with E-state index in [1.165, 1.54) is 25.7 Å². The van der Waals surface area contributed by atoms with E-state index in [0.29, 0.717) is 5.92 Å². The number of amides is 1. The molecule has 0 spiro atoms. The average Bonchev–Trinajstić information content (AvgIpc) is 2.67. The van der Waals surface area contributed by atoms with Gasteiger partial charge < -0.3 is 11.1 Å². The number of carbonyl (C=O) groups is 1. The lowest BCUT2D eigenvalue weighted by atomic mass is 9.86. The zero-order valence-electron chi connectivity index (χ0n) is 11.0. The first-order valence-corrected chi connectivity index (χ1v) is 6.38. The van der Waals surface area contributed by atoms with Gasteiger partial charge in [0.25, 0.3) is 0 Å². The second-order valence-corrected chi connectivity index (χ2v) is 6.19. The van der Waals surface area contributed by atoms with Crippen molar-refractivity contribution in [3.05, 3.63) is 0 Å². The van der Waals surface area contributed by atoms with Crippen LogP contribution in [-0.2, 0) is 4.79 Å². The molecule has 3 heteroatoms. The molecule has 0 heterocycles. The molecule has 2 atom stereocenters. The molecule has 0 unspecified atom stereocenters. The molecular weight excluding hydrogens is 200 g/mol. The minimum Gasteiger partial charge on any atom is -0.352 e. The second-order valence-electron chi connectivity index (χ2n) is 6.19. The first-order chi connectivity index (χ1) is 7.32. The molecule has 16 heavy (non-hydrogen) atoms. The Kier molecular flexibility index (Phi) is 4.36. The number of nitrogens with one attached hydrogen (secondary N) is 1. The van der Waals surface area contributed by atoms with Crippen molar-refractivity contribution in [2.45, 2.75) is 65.5 Å².